The molecule has 0 amide bonds. The molecule has 1 atom stereocenters. The maximum Gasteiger partial charge on any atom is 0.0565 e. The summed E-state index contributed by atoms with van der Waals surface area (Å²) in [7, 11) is 4.23. The number of nitrogens with zero attached hydrogens (tertiary/aromatic N) is 2. The summed E-state index contributed by atoms with van der Waals surface area (Å²) in [5, 5.41) is 2.13. The minimum absolute atomic E-state index is 0.348. The molecule has 1 aromatic heterocycles. The van der Waals surface area contributed by atoms with E-state index in [1.54, 1.807) is 11.3 Å². The van der Waals surface area contributed by atoms with Crippen LogP contribution in [0.5, 0.6) is 0 Å². The monoisotopic (exact) mass is 333 g/mol. The Bertz CT molecular complexity index is 341. The van der Waals surface area contributed by atoms with E-state index in [2.05, 4.69) is 58.2 Å². The number of hydrogen-bond acceptors (Lipinski definition) is 4. The predicted octanol–water partition coefficient (Wildman–Crippen LogP) is 2.78. The van der Waals surface area contributed by atoms with Gasteiger partial charge in [-0.05, 0) is 49.1 Å². The molecule has 5 heteroatoms. The Morgan fingerprint density at radius 1 is 1.33 bits per heavy atom. The van der Waals surface area contributed by atoms with Crippen molar-refractivity contribution in [3.05, 3.63) is 20.8 Å². The summed E-state index contributed by atoms with van der Waals surface area (Å²) in [4.78, 5) is 6.08. The van der Waals surface area contributed by atoms with Crippen molar-refractivity contribution in [2.24, 2.45) is 5.73 Å². The third kappa shape index (κ3) is 4.97. The average Bonchev–Trinajstić information content (AvgIpc) is 2.73. The lowest BCUT2D eigenvalue weighted by Gasteiger charge is -2.31. The lowest BCUT2D eigenvalue weighted by atomic mass is 10.2. The fraction of sp³-hybridized carbons (Fsp3) is 0.692. The second kappa shape index (κ2) is 8.27. The van der Waals surface area contributed by atoms with Crippen molar-refractivity contribution in [2.75, 3.05) is 40.3 Å². The van der Waals surface area contributed by atoms with Crippen LogP contribution >= 0.6 is 27.3 Å². The number of halogens is 1. The van der Waals surface area contributed by atoms with E-state index < -0.39 is 0 Å². The largest absolute Gasteiger partial charge is 0.329 e. The SMILES string of the molecule is CCCN(CCN(C)C)C(CN)c1cc(Br)cs1. The molecule has 18 heavy (non-hydrogen) atoms. The highest BCUT2D eigenvalue weighted by atomic mass is 79.9. The molecule has 0 aliphatic heterocycles. The number of likely N-dealkylation sites (N-methyl/N-ethyl adjacent to an activating group) is 1. The van der Waals surface area contributed by atoms with Crippen molar-refractivity contribution < 1.29 is 0 Å². The molecule has 1 aromatic rings. The molecule has 1 rings (SSSR count). The Kier molecular flexibility index (Phi) is 7.41. The van der Waals surface area contributed by atoms with Crippen LogP contribution in [-0.2, 0) is 0 Å². The summed E-state index contributed by atoms with van der Waals surface area (Å²) >= 11 is 5.31. The number of rotatable bonds is 8. The Labute approximate surface area is 123 Å². The zero-order valence-corrected chi connectivity index (χ0v) is 13.9. The Morgan fingerprint density at radius 2 is 2.06 bits per heavy atom. The van der Waals surface area contributed by atoms with Gasteiger partial charge in [-0.15, -0.1) is 11.3 Å². The smallest absolute Gasteiger partial charge is 0.0565 e. The summed E-state index contributed by atoms with van der Waals surface area (Å²) in [6.45, 7) is 6.15. The molecule has 0 spiro atoms. The van der Waals surface area contributed by atoms with Crippen molar-refractivity contribution in [1.82, 2.24) is 9.80 Å². The van der Waals surface area contributed by atoms with Crippen LogP contribution in [0.3, 0.4) is 0 Å². The average molecular weight is 334 g/mol. The Morgan fingerprint density at radius 3 is 2.50 bits per heavy atom. The van der Waals surface area contributed by atoms with Crippen LogP contribution in [0.25, 0.3) is 0 Å². The second-order valence-corrected chi connectivity index (χ2v) is 6.62. The molecule has 0 bridgehead atoms. The maximum absolute atomic E-state index is 5.99. The van der Waals surface area contributed by atoms with E-state index in [-0.39, 0.29) is 0 Å². The van der Waals surface area contributed by atoms with Gasteiger partial charge in [0.1, 0.15) is 0 Å². The molecule has 0 aromatic carbocycles. The molecule has 0 radical (unpaired) electrons. The topological polar surface area (TPSA) is 32.5 Å². The van der Waals surface area contributed by atoms with Gasteiger partial charge >= 0.3 is 0 Å². The third-order valence-corrected chi connectivity index (χ3v) is 4.72. The number of nitrogens with two attached hydrogens (primary N) is 1. The van der Waals surface area contributed by atoms with Crippen LogP contribution < -0.4 is 5.73 Å². The molecule has 104 valence electrons. The van der Waals surface area contributed by atoms with E-state index in [1.807, 2.05) is 0 Å². The van der Waals surface area contributed by atoms with Crippen molar-refractivity contribution in [3.63, 3.8) is 0 Å². The molecule has 0 saturated heterocycles. The Hall–Kier alpha value is 0.0600. The lowest BCUT2D eigenvalue weighted by Crippen LogP contribution is -2.38. The fourth-order valence-corrected chi connectivity index (χ4v) is 3.58. The van der Waals surface area contributed by atoms with Crippen LogP contribution in [0.2, 0.25) is 0 Å². The Balaban J connectivity index is 2.73. The molecule has 0 aliphatic rings. The standard InChI is InChI=1S/C13H24BrN3S/c1-4-5-17(7-6-16(2)3)12(9-15)13-8-11(14)10-18-13/h8,10,12H,4-7,9,15H2,1-3H3. The van der Waals surface area contributed by atoms with Crippen LogP contribution in [-0.4, -0.2) is 50.1 Å². The van der Waals surface area contributed by atoms with Gasteiger partial charge in [0.2, 0.25) is 0 Å². The molecular weight excluding hydrogens is 310 g/mol. The lowest BCUT2D eigenvalue weighted by molar-refractivity contribution is 0.185. The van der Waals surface area contributed by atoms with Crippen LogP contribution in [0.1, 0.15) is 24.3 Å². The first-order valence-electron chi connectivity index (χ1n) is 6.41. The van der Waals surface area contributed by atoms with Crippen molar-refractivity contribution in [3.8, 4) is 0 Å². The number of hydrogen-bond donors (Lipinski definition) is 1. The fourth-order valence-electron chi connectivity index (χ4n) is 1.99. The van der Waals surface area contributed by atoms with Crippen LogP contribution in [0, 0.1) is 0 Å². The van der Waals surface area contributed by atoms with E-state index in [9.17, 15) is 0 Å². The van der Waals surface area contributed by atoms with Gasteiger partial charge < -0.3 is 10.6 Å². The summed E-state index contributed by atoms with van der Waals surface area (Å²) in [6.07, 6.45) is 1.16. The summed E-state index contributed by atoms with van der Waals surface area (Å²) < 4.78 is 1.16. The minimum Gasteiger partial charge on any atom is -0.329 e. The third-order valence-electron chi connectivity index (χ3n) is 2.93. The molecule has 2 N–H and O–H groups in total. The van der Waals surface area contributed by atoms with Crippen molar-refractivity contribution in [2.45, 2.75) is 19.4 Å². The van der Waals surface area contributed by atoms with Crippen LogP contribution in [0.4, 0.5) is 0 Å². The van der Waals surface area contributed by atoms with Gasteiger partial charge in [-0.25, -0.2) is 0 Å². The van der Waals surface area contributed by atoms with Crippen LogP contribution in [0.15, 0.2) is 15.9 Å². The minimum atomic E-state index is 0.348. The summed E-state index contributed by atoms with van der Waals surface area (Å²) in [5.41, 5.74) is 5.99. The quantitative estimate of drug-likeness (QED) is 0.793. The van der Waals surface area contributed by atoms with Gasteiger partial charge in [0.15, 0.2) is 0 Å². The first-order valence-corrected chi connectivity index (χ1v) is 8.08. The highest BCUT2D eigenvalue weighted by Crippen LogP contribution is 2.29. The van der Waals surface area contributed by atoms with E-state index in [0.717, 1.165) is 30.5 Å². The van der Waals surface area contributed by atoms with E-state index in [1.165, 1.54) is 4.88 Å². The molecule has 3 nitrogen and oxygen atoms in total. The van der Waals surface area contributed by atoms with Gasteiger partial charge in [-0.1, -0.05) is 6.92 Å². The van der Waals surface area contributed by atoms with Gasteiger partial charge in [0, 0.05) is 34.4 Å². The number of thiophene rings is 1. The molecule has 0 fully saturated rings. The molecule has 0 aliphatic carbocycles. The molecule has 1 unspecified atom stereocenters. The van der Waals surface area contributed by atoms with Gasteiger partial charge in [-0.2, -0.15) is 0 Å². The maximum atomic E-state index is 5.99. The van der Waals surface area contributed by atoms with Crippen molar-refractivity contribution in [1.29, 1.82) is 0 Å². The van der Waals surface area contributed by atoms with E-state index >= 15 is 0 Å². The first-order chi connectivity index (χ1) is 8.58. The van der Waals surface area contributed by atoms with Gasteiger partial charge in [0.05, 0.1) is 6.04 Å². The highest BCUT2D eigenvalue weighted by molar-refractivity contribution is 9.10. The zero-order chi connectivity index (χ0) is 13.5. The summed E-state index contributed by atoms with van der Waals surface area (Å²) in [6, 6.07) is 2.54. The van der Waals surface area contributed by atoms with E-state index in [0.29, 0.717) is 12.6 Å². The highest BCUT2D eigenvalue weighted by Gasteiger charge is 2.19. The molecule has 0 saturated carbocycles. The van der Waals surface area contributed by atoms with Crippen molar-refractivity contribution >= 4 is 27.3 Å². The molecular formula is C13H24BrN3S. The normalized spacial score (nSPS) is 13.5. The second-order valence-electron chi connectivity index (χ2n) is 4.76. The van der Waals surface area contributed by atoms with Gasteiger partial charge in [0.25, 0.3) is 0 Å². The van der Waals surface area contributed by atoms with E-state index in [4.69, 9.17) is 5.73 Å². The molecule has 1 heterocycles. The van der Waals surface area contributed by atoms with Gasteiger partial charge in [-0.3, -0.25) is 4.90 Å². The zero-order valence-electron chi connectivity index (χ0n) is 11.5. The predicted molar refractivity (Wildman–Crippen MR) is 84.2 cm³/mol. The summed E-state index contributed by atoms with van der Waals surface area (Å²) in [5.74, 6) is 0. The first kappa shape index (κ1) is 16.1.